The number of nitrogens with two attached hydrogens (primary N) is 3. The van der Waals surface area contributed by atoms with Gasteiger partial charge < -0.3 is 117 Å². The van der Waals surface area contributed by atoms with Gasteiger partial charge in [0.15, 0.2) is 5.96 Å². The van der Waals surface area contributed by atoms with Crippen molar-refractivity contribution in [1.29, 1.82) is 0 Å². The van der Waals surface area contributed by atoms with Crippen molar-refractivity contribution in [2.75, 3.05) is 52.4 Å². The van der Waals surface area contributed by atoms with Crippen LogP contribution in [0.25, 0.3) is 0 Å². The van der Waals surface area contributed by atoms with E-state index in [0.29, 0.717) is 24.8 Å². The molecule has 14 atom stereocenters. The maximum absolute atomic E-state index is 15.0. The fourth-order valence-corrected chi connectivity index (χ4v) is 14.2. The van der Waals surface area contributed by atoms with Crippen LogP contribution >= 0.6 is 0 Å². The molecular weight excluding hydrogens is 1580 g/mol. The van der Waals surface area contributed by atoms with Crippen molar-refractivity contribution in [2.24, 2.45) is 45.9 Å². The lowest BCUT2D eigenvalue weighted by Gasteiger charge is -2.31. The number of nitrogens with one attached hydrogen (secondary N) is 14. The number of carbonyl (C=O) groups excluding carboxylic acids is 18. The van der Waals surface area contributed by atoms with E-state index < -0.39 is 261 Å². The highest BCUT2D eigenvalue weighted by Crippen LogP contribution is 2.26. The van der Waals surface area contributed by atoms with E-state index in [0.717, 1.165) is 0 Å². The summed E-state index contributed by atoms with van der Waals surface area (Å²) in [6.45, 7) is 11.9. The van der Waals surface area contributed by atoms with E-state index >= 15 is 4.79 Å². The van der Waals surface area contributed by atoms with Gasteiger partial charge in [-0.2, -0.15) is 0 Å². The Morgan fingerprint density at radius 3 is 1.81 bits per heavy atom. The highest BCUT2D eigenvalue weighted by Gasteiger charge is 2.45. The Bertz CT molecular complexity index is 3930. The zero-order valence-electron chi connectivity index (χ0n) is 70.0. The summed E-state index contributed by atoms with van der Waals surface area (Å²) >= 11 is 0. The molecule has 0 spiro atoms. The van der Waals surface area contributed by atoms with Gasteiger partial charge in [-0.1, -0.05) is 92.1 Å². The molecule has 4 aliphatic heterocycles. The van der Waals surface area contributed by atoms with Crippen LogP contribution < -0.4 is 91.6 Å². The lowest BCUT2D eigenvalue weighted by Crippen LogP contribution is -2.61. The third-order valence-corrected chi connectivity index (χ3v) is 20.8. The number of likely N-dealkylation sites (tertiary alicyclic amines) is 1. The minimum atomic E-state index is -1.87. The number of primary amides is 1. The summed E-state index contributed by atoms with van der Waals surface area (Å²) in [6.07, 6.45) is -1.62. The standard InChI is InChI=1S/C78H121N21O22/c1-10-43(8)64-75(119)91-48(25-27-57(101)83-38-60(104)97-29-17-23-55(97)77(121)99-31-16-22-54(99)72(116)85-36-58(102)88-51(35-61(105)106)71(115)90-46(69(113)96-64)20-14-28-82-78(80)81)67(111)92-50(34-45-18-12-11-13-19-45)66(110)84-37-59(103)95-63(42(6)7)74(118)93-49(32-40(2)3)70(114)87-44(9)65(109)89-47(24-26-56(79)100)68(112)94-52(33-41(4)5)76(120)98-30-15-21-53(98)73(117)86-39-62(107)108/h11-13,18-19,40-44,46-55,63-64H,10,14-17,20-39H2,1-9H3,(H2,79,100)(H,83,101)(H,84,110)(H,85,116)(H,86,117)(H,87,114)(H,88,102)(H,89,109)(H,90,115)(H,91,119)(H,92,111)(H,93,118)(H,94,112)(H,95,103)(H,96,113)(H,105,106)(H,107,108)(H4,80,81,82). The normalized spacial score (nSPS) is 21.5. The van der Waals surface area contributed by atoms with Gasteiger partial charge in [0.25, 0.3) is 0 Å². The second kappa shape index (κ2) is 48.8. The minimum absolute atomic E-state index is 0.0118. The first-order chi connectivity index (χ1) is 57.1. The van der Waals surface area contributed by atoms with Crippen molar-refractivity contribution in [2.45, 2.75) is 250 Å². The minimum Gasteiger partial charge on any atom is -0.481 e. The van der Waals surface area contributed by atoms with Gasteiger partial charge in [0, 0.05) is 45.4 Å². The Hall–Kier alpha value is -12.1. The maximum Gasteiger partial charge on any atom is 0.322 e. The Kier molecular flexibility index (Phi) is 40.1. The Balaban J connectivity index is 1.38. The van der Waals surface area contributed by atoms with Crippen molar-refractivity contribution in [1.82, 2.24) is 89.1 Å². The predicted molar refractivity (Wildman–Crippen MR) is 432 cm³/mol. The molecular formula is C78H121N21O22. The fraction of sp³-hybridized carbons (Fsp3) is 0.654. The smallest absolute Gasteiger partial charge is 0.322 e. The molecule has 0 aliphatic carbocycles. The van der Waals surface area contributed by atoms with Crippen LogP contribution in [0, 0.1) is 23.7 Å². The summed E-state index contributed by atoms with van der Waals surface area (Å²) in [5.74, 6) is -21.2. The number of carboxylic acids is 2. The van der Waals surface area contributed by atoms with Gasteiger partial charge in [-0.25, -0.2) is 0 Å². The average molecular weight is 1700 g/mol. The van der Waals surface area contributed by atoms with E-state index in [1.54, 1.807) is 85.7 Å². The molecule has 121 heavy (non-hydrogen) atoms. The molecule has 18 amide bonds. The number of hydrogen-bond donors (Lipinski definition) is 19. The lowest BCUT2D eigenvalue weighted by atomic mass is 9.96. The molecule has 0 bridgehead atoms. The van der Waals surface area contributed by atoms with Crippen LogP contribution in [0.2, 0.25) is 0 Å². The van der Waals surface area contributed by atoms with Crippen LogP contribution in [0.1, 0.15) is 171 Å². The molecule has 5 rings (SSSR count). The summed E-state index contributed by atoms with van der Waals surface area (Å²) in [7, 11) is 0. The molecule has 14 unspecified atom stereocenters. The van der Waals surface area contributed by atoms with E-state index in [9.17, 15) is 96.2 Å². The molecule has 0 radical (unpaired) electrons. The van der Waals surface area contributed by atoms with Crippen molar-refractivity contribution >= 4 is 124 Å². The number of nitrogens with zero attached hydrogens (tertiary/aromatic N) is 4. The molecule has 43 heteroatoms. The van der Waals surface area contributed by atoms with E-state index in [1.165, 1.54) is 21.6 Å². The number of rotatable bonds is 36. The number of aliphatic imine (C=N–C) groups is 1. The zero-order chi connectivity index (χ0) is 90.1. The number of benzene rings is 1. The summed E-state index contributed by atoms with van der Waals surface area (Å²) in [5.41, 5.74) is 17.0. The van der Waals surface area contributed by atoms with Crippen LogP contribution in [-0.2, 0) is 102 Å². The number of carbonyl (C=O) groups is 20. The number of fused-ring (bicyclic) bond motifs is 2. The van der Waals surface area contributed by atoms with Gasteiger partial charge in [0.1, 0.15) is 85.1 Å². The number of aliphatic carboxylic acids is 2. The molecule has 0 aromatic heterocycles. The van der Waals surface area contributed by atoms with Gasteiger partial charge >= 0.3 is 11.9 Å². The maximum atomic E-state index is 15.0. The van der Waals surface area contributed by atoms with Gasteiger partial charge in [-0.05, 0) is 113 Å². The summed E-state index contributed by atoms with van der Waals surface area (Å²) in [4.78, 5) is 283. The van der Waals surface area contributed by atoms with Crippen molar-refractivity contribution in [3.8, 4) is 0 Å². The number of guanidine groups is 1. The first-order valence-electron chi connectivity index (χ1n) is 40.9. The second-order valence-electron chi connectivity index (χ2n) is 31.9. The van der Waals surface area contributed by atoms with Gasteiger partial charge in [0.05, 0.1) is 26.1 Å². The first-order valence-corrected chi connectivity index (χ1v) is 40.9. The van der Waals surface area contributed by atoms with Gasteiger partial charge in [-0.15, -0.1) is 0 Å². The predicted octanol–water partition coefficient (Wildman–Crippen LogP) is -6.00. The monoisotopic (exact) mass is 1700 g/mol. The lowest BCUT2D eigenvalue weighted by molar-refractivity contribution is -0.146. The largest absolute Gasteiger partial charge is 0.481 e. The number of hydrogen-bond acceptors (Lipinski definition) is 21. The van der Waals surface area contributed by atoms with Crippen molar-refractivity contribution < 1.29 is 106 Å². The van der Waals surface area contributed by atoms with E-state index in [4.69, 9.17) is 22.3 Å². The molecule has 22 N–H and O–H groups in total. The Labute approximate surface area is 700 Å². The molecule has 4 saturated heterocycles. The van der Waals surface area contributed by atoms with Crippen molar-refractivity contribution in [3.05, 3.63) is 35.9 Å². The molecule has 4 fully saturated rings. The molecule has 670 valence electrons. The summed E-state index contributed by atoms with van der Waals surface area (Å²) < 4.78 is 0. The van der Waals surface area contributed by atoms with E-state index in [-0.39, 0.29) is 108 Å². The molecule has 1 aromatic rings. The van der Waals surface area contributed by atoms with E-state index in [2.05, 4.69) is 79.4 Å². The Morgan fingerprint density at radius 2 is 1.18 bits per heavy atom. The highest BCUT2D eigenvalue weighted by atomic mass is 16.4. The topological polar surface area (TPSA) is 650 Å². The molecule has 0 saturated carbocycles. The summed E-state index contributed by atoms with van der Waals surface area (Å²) in [6, 6.07) is -10.5. The third-order valence-electron chi connectivity index (χ3n) is 20.8. The number of carboxylic acid groups (broad SMARTS) is 2. The average Bonchev–Trinajstić information content (AvgIpc) is 1.70. The SMILES string of the molecule is CCC(C)C1NC(=O)C(CCCN=C(N)N)NC(=O)C(CC(=O)O)NC(=O)CNC(=O)C2CCCN2C(=O)C2CCCN2C(=O)CNC(=O)CCC(C(=O)NC(Cc2ccccc2)C(=O)NCC(=O)NC(C(=O)NC(CC(C)C)C(=O)NC(C)C(=O)NC(CCC(N)=O)C(=O)NC(CC(C)C)C(=O)N2CCCC2C(=O)NCC(=O)O)C(C)C)NC1=O. The zero-order valence-corrected chi connectivity index (χ0v) is 70.0. The molecule has 4 heterocycles. The fourth-order valence-electron chi connectivity index (χ4n) is 14.2. The van der Waals surface area contributed by atoms with Crippen LogP contribution in [0.3, 0.4) is 0 Å². The molecule has 43 nitrogen and oxygen atoms in total. The first kappa shape index (κ1) is 99.5. The summed E-state index contributed by atoms with van der Waals surface area (Å²) in [5, 5.41) is 54.1. The van der Waals surface area contributed by atoms with Crippen LogP contribution in [0.4, 0.5) is 0 Å². The molecule has 4 aliphatic rings. The Morgan fingerprint density at radius 1 is 0.562 bits per heavy atom. The second-order valence-corrected chi connectivity index (χ2v) is 31.9. The van der Waals surface area contributed by atoms with Gasteiger partial charge in [0.2, 0.25) is 106 Å². The number of amides is 18. The van der Waals surface area contributed by atoms with Crippen LogP contribution in [0.5, 0.6) is 0 Å². The van der Waals surface area contributed by atoms with Gasteiger partial charge in [-0.3, -0.25) is 101 Å². The van der Waals surface area contributed by atoms with Crippen LogP contribution in [-0.4, -0.2) is 280 Å². The quantitative estimate of drug-likeness (QED) is 0.0169. The van der Waals surface area contributed by atoms with Crippen LogP contribution in [0.15, 0.2) is 35.3 Å². The molecule has 1 aromatic carbocycles. The van der Waals surface area contributed by atoms with E-state index in [1.807, 2.05) is 0 Å². The van der Waals surface area contributed by atoms with Crippen molar-refractivity contribution in [3.63, 3.8) is 0 Å². The highest BCUT2D eigenvalue weighted by molar-refractivity contribution is 6.02. The third kappa shape index (κ3) is 32.5.